The maximum absolute atomic E-state index is 12.9. The molecule has 0 bridgehead atoms. The molecule has 88 valence electrons. The van der Waals surface area contributed by atoms with Crippen molar-refractivity contribution in [3.63, 3.8) is 0 Å². The molecule has 0 saturated heterocycles. The van der Waals surface area contributed by atoms with Gasteiger partial charge in [-0.3, -0.25) is 4.98 Å². The Labute approximate surface area is 93.9 Å². The van der Waals surface area contributed by atoms with Crippen molar-refractivity contribution in [3.8, 4) is 0 Å². The van der Waals surface area contributed by atoms with E-state index in [-0.39, 0.29) is 10.9 Å². The van der Waals surface area contributed by atoms with Crippen LogP contribution in [-0.2, 0) is 10.0 Å². The van der Waals surface area contributed by atoms with E-state index in [2.05, 4.69) is 9.71 Å². The van der Waals surface area contributed by atoms with E-state index in [1.54, 1.807) is 0 Å². The van der Waals surface area contributed by atoms with Crippen LogP contribution in [0.4, 0.5) is 4.39 Å². The van der Waals surface area contributed by atoms with Crippen LogP contribution < -0.4 is 4.72 Å². The highest BCUT2D eigenvalue weighted by atomic mass is 32.2. The average molecular weight is 244 g/mol. The summed E-state index contributed by atoms with van der Waals surface area (Å²) in [6.45, 7) is 0. The molecule has 4 nitrogen and oxygen atoms in total. The van der Waals surface area contributed by atoms with E-state index in [1.165, 1.54) is 0 Å². The molecule has 0 atom stereocenters. The van der Waals surface area contributed by atoms with E-state index < -0.39 is 15.8 Å². The van der Waals surface area contributed by atoms with E-state index in [0.29, 0.717) is 0 Å². The largest absolute Gasteiger partial charge is 0.260 e. The zero-order chi connectivity index (χ0) is 11.6. The summed E-state index contributed by atoms with van der Waals surface area (Å²) >= 11 is 0. The molecule has 1 saturated carbocycles. The molecule has 0 aromatic carbocycles. The summed E-state index contributed by atoms with van der Waals surface area (Å²) in [5.74, 6) is -0.644. The highest BCUT2D eigenvalue weighted by Crippen LogP contribution is 2.20. The number of hydrogen-bond donors (Lipinski definition) is 1. The van der Waals surface area contributed by atoms with E-state index >= 15 is 0 Å². The monoisotopic (exact) mass is 244 g/mol. The van der Waals surface area contributed by atoms with Gasteiger partial charge >= 0.3 is 0 Å². The fourth-order valence-corrected chi connectivity index (χ4v) is 3.15. The van der Waals surface area contributed by atoms with Crippen LogP contribution in [0.5, 0.6) is 0 Å². The summed E-state index contributed by atoms with van der Waals surface area (Å²) in [6, 6.07) is 0.956. The Morgan fingerprint density at radius 2 is 2.00 bits per heavy atom. The Kier molecular flexibility index (Phi) is 3.20. The van der Waals surface area contributed by atoms with Gasteiger partial charge in [0.05, 0.1) is 6.20 Å². The second-order valence-electron chi connectivity index (χ2n) is 3.94. The Hall–Kier alpha value is -1.01. The van der Waals surface area contributed by atoms with Gasteiger partial charge in [-0.1, -0.05) is 12.8 Å². The number of pyridine rings is 1. The topological polar surface area (TPSA) is 59.1 Å². The van der Waals surface area contributed by atoms with E-state index in [1.807, 2.05) is 0 Å². The minimum absolute atomic E-state index is 0.0201. The smallest absolute Gasteiger partial charge is 0.242 e. The number of nitrogens with zero attached hydrogens (tertiary/aromatic N) is 1. The predicted molar refractivity (Wildman–Crippen MR) is 56.8 cm³/mol. The second-order valence-corrected chi connectivity index (χ2v) is 5.66. The van der Waals surface area contributed by atoms with Crippen LogP contribution in [0.25, 0.3) is 0 Å². The maximum atomic E-state index is 12.9. The van der Waals surface area contributed by atoms with Gasteiger partial charge in [-0.2, -0.15) is 0 Å². The normalized spacial score (nSPS) is 17.8. The molecule has 1 heterocycles. The summed E-state index contributed by atoms with van der Waals surface area (Å²) in [5.41, 5.74) is 0. The van der Waals surface area contributed by atoms with Gasteiger partial charge < -0.3 is 0 Å². The summed E-state index contributed by atoms with van der Waals surface area (Å²) < 4.78 is 39.1. The molecular weight excluding hydrogens is 231 g/mol. The zero-order valence-corrected chi connectivity index (χ0v) is 9.50. The number of nitrogens with one attached hydrogen (secondary N) is 1. The lowest BCUT2D eigenvalue weighted by Gasteiger charge is -2.11. The summed E-state index contributed by atoms with van der Waals surface area (Å²) in [4.78, 5) is 3.42. The zero-order valence-electron chi connectivity index (χ0n) is 8.69. The lowest BCUT2D eigenvalue weighted by atomic mass is 10.3. The summed E-state index contributed by atoms with van der Waals surface area (Å²) in [6.07, 6.45) is 5.90. The minimum atomic E-state index is -3.62. The van der Waals surface area contributed by atoms with Crippen molar-refractivity contribution in [2.45, 2.75) is 36.6 Å². The Morgan fingerprint density at radius 1 is 1.31 bits per heavy atom. The van der Waals surface area contributed by atoms with Gasteiger partial charge in [0.1, 0.15) is 10.7 Å². The van der Waals surface area contributed by atoms with Gasteiger partial charge in [0, 0.05) is 12.2 Å². The Bertz CT molecular complexity index is 469. The number of aromatic nitrogens is 1. The second kappa shape index (κ2) is 4.47. The van der Waals surface area contributed by atoms with Gasteiger partial charge in [-0.25, -0.2) is 17.5 Å². The number of halogens is 1. The summed E-state index contributed by atoms with van der Waals surface area (Å²) in [7, 11) is -3.62. The number of rotatable bonds is 3. The highest BCUT2D eigenvalue weighted by Gasteiger charge is 2.23. The van der Waals surface area contributed by atoms with Crippen molar-refractivity contribution in [1.29, 1.82) is 0 Å². The molecule has 16 heavy (non-hydrogen) atoms. The van der Waals surface area contributed by atoms with Crippen LogP contribution in [0.2, 0.25) is 0 Å². The fourth-order valence-electron chi connectivity index (χ4n) is 1.87. The van der Waals surface area contributed by atoms with Crippen LogP contribution in [0.1, 0.15) is 25.7 Å². The molecule has 1 aliphatic rings. The first kappa shape index (κ1) is 11.5. The molecule has 0 unspecified atom stereocenters. The highest BCUT2D eigenvalue weighted by molar-refractivity contribution is 7.89. The van der Waals surface area contributed by atoms with E-state index in [0.717, 1.165) is 44.1 Å². The van der Waals surface area contributed by atoms with Crippen molar-refractivity contribution >= 4 is 10.0 Å². The number of hydrogen-bond acceptors (Lipinski definition) is 3. The van der Waals surface area contributed by atoms with Crippen molar-refractivity contribution < 1.29 is 12.8 Å². The van der Waals surface area contributed by atoms with Gasteiger partial charge in [-0.15, -0.1) is 0 Å². The standard InChI is InChI=1S/C10H13FN2O2S/c11-8-5-10(7-12-6-8)16(14,15)13-9-3-1-2-4-9/h5-7,9,13H,1-4H2. The van der Waals surface area contributed by atoms with Crippen LogP contribution in [0.15, 0.2) is 23.4 Å². The Balaban J connectivity index is 2.18. The van der Waals surface area contributed by atoms with Crippen molar-refractivity contribution in [3.05, 3.63) is 24.3 Å². The lowest BCUT2D eigenvalue weighted by molar-refractivity contribution is 0.549. The van der Waals surface area contributed by atoms with Crippen LogP contribution in [0, 0.1) is 5.82 Å². The molecular formula is C10H13FN2O2S. The molecule has 1 aromatic rings. The third-order valence-corrected chi connectivity index (χ3v) is 4.15. The quantitative estimate of drug-likeness (QED) is 0.875. The molecule has 2 rings (SSSR count). The molecule has 0 aliphatic heterocycles. The van der Waals surface area contributed by atoms with Gasteiger partial charge in [0.2, 0.25) is 10.0 Å². The number of sulfonamides is 1. The molecule has 0 spiro atoms. The van der Waals surface area contributed by atoms with Crippen molar-refractivity contribution in [1.82, 2.24) is 9.71 Å². The molecule has 6 heteroatoms. The van der Waals surface area contributed by atoms with Crippen LogP contribution in [0.3, 0.4) is 0 Å². The SMILES string of the molecule is O=S(=O)(NC1CCCC1)c1cncc(F)c1. The third-order valence-electron chi connectivity index (χ3n) is 2.67. The van der Waals surface area contributed by atoms with Crippen LogP contribution >= 0.6 is 0 Å². The fraction of sp³-hybridized carbons (Fsp3) is 0.500. The Morgan fingerprint density at radius 3 is 2.62 bits per heavy atom. The van der Waals surface area contributed by atoms with Crippen LogP contribution in [-0.4, -0.2) is 19.4 Å². The van der Waals surface area contributed by atoms with E-state index in [9.17, 15) is 12.8 Å². The van der Waals surface area contributed by atoms with Gasteiger partial charge in [0.15, 0.2) is 0 Å². The van der Waals surface area contributed by atoms with Gasteiger partial charge in [-0.05, 0) is 18.9 Å². The van der Waals surface area contributed by atoms with Crippen molar-refractivity contribution in [2.24, 2.45) is 0 Å². The predicted octanol–water partition coefficient (Wildman–Crippen LogP) is 1.44. The first-order valence-electron chi connectivity index (χ1n) is 5.21. The average Bonchev–Trinajstić information content (AvgIpc) is 2.70. The van der Waals surface area contributed by atoms with Crippen molar-refractivity contribution in [2.75, 3.05) is 0 Å². The molecule has 1 fully saturated rings. The minimum Gasteiger partial charge on any atom is -0.260 e. The first-order chi connectivity index (χ1) is 7.58. The maximum Gasteiger partial charge on any atom is 0.242 e. The van der Waals surface area contributed by atoms with E-state index in [4.69, 9.17) is 0 Å². The molecule has 0 radical (unpaired) electrons. The lowest BCUT2D eigenvalue weighted by Crippen LogP contribution is -2.32. The first-order valence-corrected chi connectivity index (χ1v) is 6.69. The molecule has 0 amide bonds. The van der Waals surface area contributed by atoms with Gasteiger partial charge in [0.25, 0.3) is 0 Å². The third kappa shape index (κ3) is 2.56. The molecule has 1 N–H and O–H groups in total. The molecule has 1 aromatic heterocycles. The molecule has 1 aliphatic carbocycles. The summed E-state index contributed by atoms with van der Waals surface area (Å²) in [5, 5.41) is 0.